The van der Waals surface area contributed by atoms with E-state index in [0.29, 0.717) is 11.1 Å². The van der Waals surface area contributed by atoms with Crippen molar-refractivity contribution in [2.45, 2.75) is 47.2 Å². The number of halogens is 1. The van der Waals surface area contributed by atoms with Crippen LogP contribution in [0.4, 0.5) is 4.39 Å². The van der Waals surface area contributed by atoms with Crippen molar-refractivity contribution in [3.8, 4) is 33.5 Å². The van der Waals surface area contributed by atoms with Gasteiger partial charge in [0.1, 0.15) is 32.1 Å². The molecule has 42 heavy (non-hydrogen) atoms. The second-order valence-electron chi connectivity index (χ2n) is 13.7. The summed E-state index contributed by atoms with van der Waals surface area (Å²) in [6, 6.07) is 27.4. The van der Waals surface area contributed by atoms with Gasteiger partial charge < -0.3 is 4.42 Å². The molecular weight excluding hydrogens is 534 g/mol. The largest absolute Gasteiger partial charge is 0.454 e. The SMILES string of the molecule is Cc1ccc2c(oc3c(-c4ccc5c(c4)-c4ccccc4[Si]5(C)C)c(F)ccc32)c1-c1cc(CC(C)(C)C)cc[n+]1C. The number of benzene rings is 4. The van der Waals surface area contributed by atoms with Gasteiger partial charge in [-0.1, -0.05) is 82.4 Å². The lowest BCUT2D eigenvalue weighted by Gasteiger charge is -2.18. The molecule has 1 aliphatic rings. The lowest BCUT2D eigenvalue weighted by molar-refractivity contribution is -0.660. The van der Waals surface area contributed by atoms with Gasteiger partial charge in [0.05, 0.1) is 11.1 Å². The Labute approximate surface area is 248 Å². The molecule has 7 rings (SSSR count). The lowest BCUT2D eigenvalue weighted by atomic mass is 9.88. The first kappa shape index (κ1) is 26.8. The molecule has 210 valence electrons. The van der Waals surface area contributed by atoms with Gasteiger partial charge in [0, 0.05) is 22.9 Å². The van der Waals surface area contributed by atoms with E-state index in [-0.39, 0.29) is 11.2 Å². The fraction of sp³-hybridized carbons (Fsp3) is 0.237. The number of fused-ring (bicyclic) bond motifs is 6. The van der Waals surface area contributed by atoms with E-state index in [2.05, 4.69) is 125 Å². The number of aromatic nitrogens is 1. The number of hydrogen-bond acceptors (Lipinski definition) is 1. The van der Waals surface area contributed by atoms with Gasteiger partial charge in [-0.05, 0) is 75.1 Å². The third-order valence-electron chi connectivity index (χ3n) is 9.04. The van der Waals surface area contributed by atoms with Gasteiger partial charge in [-0.3, -0.25) is 0 Å². The van der Waals surface area contributed by atoms with Crippen LogP contribution in [0, 0.1) is 18.2 Å². The van der Waals surface area contributed by atoms with Crippen LogP contribution < -0.4 is 14.9 Å². The first-order valence-corrected chi connectivity index (χ1v) is 17.8. The molecule has 4 heteroatoms. The Morgan fingerprint density at radius 3 is 2.24 bits per heavy atom. The summed E-state index contributed by atoms with van der Waals surface area (Å²) in [7, 11) is 0.284. The standard InChI is InChI=1S/C38H37FNOSi/c1-23-12-14-27-28-15-16-30(39)35(25-13-17-33-29(21-25)26-10-8-9-11-32(26)42(33,6)7)37(28)41-36(27)34(23)31-20-24(18-19-40(31)5)22-38(2,3)4/h8-21H,22H2,1-7H3/q+1. The van der Waals surface area contributed by atoms with Crippen LogP contribution in [0.5, 0.6) is 0 Å². The summed E-state index contributed by atoms with van der Waals surface area (Å²) in [5, 5.41) is 4.80. The van der Waals surface area contributed by atoms with Gasteiger partial charge >= 0.3 is 0 Å². The molecular formula is C38H37FNOSi+. The van der Waals surface area contributed by atoms with Crippen LogP contribution in [0.25, 0.3) is 55.4 Å². The monoisotopic (exact) mass is 570 g/mol. The van der Waals surface area contributed by atoms with Crippen LogP contribution in [-0.2, 0) is 13.5 Å². The molecule has 6 aromatic rings. The first-order valence-electron chi connectivity index (χ1n) is 14.8. The maximum Gasteiger partial charge on any atom is 0.216 e. The van der Waals surface area contributed by atoms with Crippen molar-refractivity contribution in [3.05, 3.63) is 102 Å². The molecule has 2 aromatic heterocycles. The van der Waals surface area contributed by atoms with E-state index >= 15 is 4.39 Å². The quantitative estimate of drug-likeness (QED) is 0.154. The fourth-order valence-corrected chi connectivity index (χ4v) is 10.1. The highest BCUT2D eigenvalue weighted by Gasteiger charge is 2.37. The lowest BCUT2D eigenvalue weighted by Crippen LogP contribution is -2.49. The third kappa shape index (κ3) is 4.07. The Hall–Kier alpha value is -4.02. The topological polar surface area (TPSA) is 17.0 Å². The highest BCUT2D eigenvalue weighted by molar-refractivity contribution is 7.03. The predicted octanol–water partition coefficient (Wildman–Crippen LogP) is 8.58. The third-order valence-corrected chi connectivity index (χ3v) is 12.6. The van der Waals surface area contributed by atoms with Gasteiger partial charge in [0.25, 0.3) is 0 Å². The molecule has 4 aromatic carbocycles. The van der Waals surface area contributed by atoms with Gasteiger partial charge in [0.15, 0.2) is 6.20 Å². The molecule has 0 radical (unpaired) electrons. The normalized spacial score (nSPS) is 14.0. The molecule has 0 atom stereocenters. The molecule has 0 bridgehead atoms. The summed E-state index contributed by atoms with van der Waals surface area (Å²) in [5.41, 5.74) is 10.1. The molecule has 3 heterocycles. The molecule has 0 N–H and O–H groups in total. The summed E-state index contributed by atoms with van der Waals surface area (Å²) >= 11 is 0. The van der Waals surface area contributed by atoms with Gasteiger partial charge in [0.2, 0.25) is 5.69 Å². The van der Waals surface area contributed by atoms with E-state index in [1.165, 1.54) is 27.1 Å². The van der Waals surface area contributed by atoms with Gasteiger partial charge in [-0.15, -0.1) is 0 Å². The number of aryl methyl sites for hydroxylation is 2. The number of pyridine rings is 1. The van der Waals surface area contributed by atoms with Crippen LogP contribution in [0.2, 0.25) is 13.1 Å². The smallest absolute Gasteiger partial charge is 0.216 e. The van der Waals surface area contributed by atoms with E-state index in [9.17, 15) is 0 Å². The minimum atomic E-state index is -1.80. The maximum atomic E-state index is 15.9. The maximum absolute atomic E-state index is 15.9. The van der Waals surface area contributed by atoms with Crippen molar-refractivity contribution >= 4 is 40.4 Å². The van der Waals surface area contributed by atoms with Crippen LogP contribution in [0.15, 0.2) is 89.5 Å². The zero-order valence-corrected chi connectivity index (χ0v) is 26.5. The summed E-state index contributed by atoms with van der Waals surface area (Å²) in [4.78, 5) is 0. The summed E-state index contributed by atoms with van der Waals surface area (Å²) in [5.74, 6) is -0.264. The van der Waals surface area contributed by atoms with E-state index in [1.54, 1.807) is 6.07 Å². The van der Waals surface area contributed by atoms with E-state index in [0.717, 1.165) is 45.2 Å². The molecule has 1 aliphatic heterocycles. The summed E-state index contributed by atoms with van der Waals surface area (Å²) < 4.78 is 24.8. The Morgan fingerprint density at radius 2 is 1.48 bits per heavy atom. The second kappa shape index (κ2) is 9.24. The Kier molecular flexibility index (Phi) is 5.91. The molecule has 0 aliphatic carbocycles. The minimum Gasteiger partial charge on any atom is -0.454 e. The van der Waals surface area contributed by atoms with Crippen molar-refractivity contribution in [2.75, 3.05) is 0 Å². The highest BCUT2D eigenvalue weighted by atomic mass is 28.3. The van der Waals surface area contributed by atoms with E-state index < -0.39 is 8.07 Å². The Morgan fingerprint density at radius 1 is 0.786 bits per heavy atom. The van der Waals surface area contributed by atoms with Crippen LogP contribution >= 0.6 is 0 Å². The molecule has 0 amide bonds. The number of furan rings is 1. The average Bonchev–Trinajstić information content (AvgIpc) is 3.41. The molecule has 0 saturated carbocycles. The number of rotatable bonds is 3. The fourth-order valence-electron chi connectivity index (χ4n) is 7.03. The van der Waals surface area contributed by atoms with Gasteiger partial charge in [-0.2, -0.15) is 0 Å². The Balaban J connectivity index is 1.46. The van der Waals surface area contributed by atoms with Crippen molar-refractivity contribution < 1.29 is 13.4 Å². The van der Waals surface area contributed by atoms with Crippen molar-refractivity contribution in [1.82, 2.24) is 0 Å². The van der Waals surface area contributed by atoms with Crippen molar-refractivity contribution in [1.29, 1.82) is 0 Å². The molecule has 0 saturated heterocycles. The second-order valence-corrected chi connectivity index (χ2v) is 18.1. The van der Waals surface area contributed by atoms with E-state index in [4.69, 9.17) is 4.42 Å². The van der Waals surface area contributed by atoms with Crippen molar-refractivity contribution in [3.63, 3.8) is 0 Å². The molecule has 0 unspecified atom stereocenters. The zero-order valence-electron chi connectivity index (χ0n) is 25.5. The Bertz CT molecular complexity index is 2060. The average molecular weight is 571 g/mol. The van der Waals surface area contributed by atoms with E-state index in [1.807, 2.05) is 6.07 Å². The number of hydrogen-bond donors (Lipinski definition) is 0. The predicted molar refractivity (Wildman–Crippen MR) is 176 cm³/mol. The number of nitrogens with zero attached hydrogens (tertiary/aromatic N) is 1. The van der Waals surface area contributed by atoms with Crippen molar-refractivity contribution in [2.24, 2.45) is 12.5 Å². The zero-order chi connectivity index (χ0) is 29.6. The molecule has 0 spiro atoms. The first-order chi connectivity index (χ1) is 19.9. The highest BCUT2D eigenvalue weighted by Crippen LogP contribution is 2.43. The minimum absolute atomic E-state index is 0.179. The van der Waals surface area contributed by atoms with Crippen LogP contribution in [0.3, 0.4) is 0 Å². The summed E-state index contributed by atoms with van der Waals surface area (Å²) in [6.45, 7) is 13.7. The van der Waals surface area contributed by atoms with Crippen LogP contribution in [0.1, 0.15) is 31.9 Å². The summed E-state index contributed by atoms with van der Waals surface area (Å²) in [6.07, 6.45) is 3.11. The van der Waals surface area contributed by atoms with Crippen LogP contribution in [-0.4, -0.2) is 8.07 Å². The van der Waals surface area contributed by atoms with Gasteiger partial charge in [-0.25, -0.2) is 8.96 Å². The molecule has 2 nitrogen and oxygen atoms in total. The molecule has 0 fully saturated rings.